The first-order valence-electron chi connectivity index (χ1n) is 7.19. The summed E-state index contributed by atoms with van der Waals surface area (Å²) in [5.41, 5.74) is 7.27. The van der Waals surface area contributed by atoms with Gasteiger partial charge in [-0.1, -0.05) is 29.8 Å². The summed E-state index contributed by atoms with van der Waals surface area (Å²) in [6.45, 7) is 0. The Kier molecular flexibility index (Phi) is 4.24. The standard InChI is InChI=1S/C17H18ClFN2/c18-15-6-7-16(19)14(9-15)10-17(21-20)13-5-4-11-2-1-3-12(11)8-13/h4-9,17,21H,1-3,10,20H2. The van der Waals surface area contributed by atoms with Gasteiger partial charge in [-0.25, -0.2) is 4.39 Å². The van der Waals surface area contributed by atoms with Crippen molar-refractivity contribution in [1.29, 1.82) is 0 Å². The monoisotopic (exact) mass is 304 g/mol. The zero-order chi connectivity index (χ0) is 14.8. The highest BCUT2D eigenvalue weighted by molar-refractivity contribution is 6.30. The molecule has 0 heterocycles. The summed E-state index contributed by atoms with van der Waals surface area (Å²) < 4.78 is 13.9. The van der Waals surface area contributed by atoms with Crippen molar-refractivity contribution in [3.63, 3.8) is 0 Å². The Balaban J connectivity index is 1.86. The molecule has 0 spiro atoms. The molecule has 2 nitrogen and oxygen atoms in total. The summed E-state index contributed by atoms with van der Waals surface area (Å²) in [5.74, 6) is 5.43. The van der Waals surface area contributed by atoms with Gasteiger partial charge >= 0.3 is 0 Å². The Hall–Kier alpha value is -1.42. The first kappa shape index (κ1) is 14.5. The Bertz CT molecular complexity index is 657. The molecule has 0 amide bonds. The maximum Gasteiger partial charge on any atom is 0.126 e. The third-order valence-electron chi connectivity index (χ3n) is 4.16. The van der Waals surface area contributed by atoms with Gasteiger partial charge in [0, 0.05) is 5.02 Å². The lowest BCUT2D eigenvalue weighted by atomic mass is 9.96. The molecule has 4 heteroatoms. The van der Waals surface area contributed by atoms with Crippen LogP contribution in [0, 0.1) is 5.82 Å². The number of nitrogens with one attached hydrogen (secondary N) is 1. The second-order valence-electron chi connectivity index (χ2n) is 5.54. The van der Waals surface area contributed by atoms with E-state index in [9.17, 15) is 4.39 Å². The number of fused-ring (bicyclic) bond motifs is 1. The van der Waals surface area contributed by atoms with E-state index in [4.69, 9.17) is 17.4 Å². The lowest BCUT2D eigenvalue weighted by Gasteiger charge is -2.18. The van der Waals surface area contributed by atoms with E-state index in [0.717, 1.165) is 18.4 Å². The minimum absolute atomic E-state index is 0.121. The Labute approximate surface area is 129 Å². The number of hydrogen-bond donors (Lipinski definition) is 2. The van der Waals surface area contributed by atoms with Crippen LogP contribution in [0.5, 0.6) is 0 Å². The average molecular weight is 305 g/mol. The highest BCUT2D eigenvalue weighted by Crippen LogP contribution is 2.27. The maximum absolute atomic E-state index is 13.9. The maximum atomic E-state index is 13.9. The minimum atomic E-state index is -0.249. The summed E-state index contributed by atoms with van der Waals surface area (Å²) >= 11 is 5.95. The molecule has 1 aliphatic carbocycles. The number of nitrogens with two attached hydrogens (primary N) is 1. The summed E-state index contributed by atoms with van der Waals surface area (Å²) in [4.78, 5) is 0. The fraction of sp³-hybridized carbons (Fsp3) is 0.294. The SMILES string of the molecule is NNC(Cc1cc(Cl)ccc1F)c1ccc2c(c1)CCC2. The molecule has 1 atom stereocenters. The first-order chi connectivity index (χ1) is 10.2. The second-order valence-corrected chi connectivity index (χ2v) is 5.98. The van der Waals surface area contributed by atoms with Gasteiger partial charge in [0.25, 0.3) is 0 Å². The van der Waals surface area contributed by atoms with Crippen LogP contribution in [0.3, 0.4) is 0 Å². The molecule has 1 aliphatic rings. The van der Waals surface area contributed by atoms with E-state index < -0.39 is 0 Å². The molecule has 0 radical (unpaired) electrons. The van der Waals surface area contributed by atoms with E-state index in [1.807, 2.05) is 0 Å². The van der Waals surface area contributed by atoms with Crippen LogP contribution in [0.25, 0.3) is 0 Å². The quantitative estimate of drug-likeness (QED) is 0.667. The average Bonchev–Trinajstić information content (AvgIpc) is 2.95. The molecule has 2 aromatic carbocycles. The fourth-order valence-electron chi connectivity index (χ4n) is 3.00. The minimum Gasteiger partial charge on any atom is -0.271 e. The molecule has 2 aromatic rings. The Morgan fingerprint density at radius 3 is 2.76 bits per heavy atom. The van der Waals surface area contributed by atoms with Crippen LogP contribution in [-0.4, -0.2) is 0 Å². The third kappa shape index (κ3) is 3.10. The van der Waals surface area contributed by atoms with Crippen LogP contribution >= 0.6 is 11.6 Å². The molecule has 110 valence electrons. The highest BCUT2D eigenvalue weighted by atomic mass is 35.5. The van der Waals surface area contributed by atoms with Crippen LogP contribution in [0.15, 0.2) is 36.4 Å². The van der Waals surface area contributed by atoms with Crippen molar-refractivity contribution in [3.8, 4) is 0 Å². The van der Waals surface area contributed by atoms with Crippen molar-refractivity contribution >= 4 is 11.6 Å². The number of halogens is 2. The fourth-order valence-corrected chi connectivity index (χ4v) is 3.20. The van der Waals surface area contributed by atoms with Crippen molar-refractivity contribution in [3.05, 3.63) is 69.5 Å². The van der Waals surface area contributed by atoms with Gasteiger partial charge in [-0.05, 0) is 66.1 Å². The Morgan fingerprint density at radius 1 is 1.14 bits per heavy atom. The molecule has 0 saturated heterocycles. The van der Waals surface area contributed by atoms with E-state index in [1.54, 1.807) is 12.1 Å². The van der Waals surface area contributed by atoms with Gasteiger partial charge < -0.3 is 0 Å². The van der Waals surface area contributed by atoms with Crippen molar-refractivity contribution in [1.82, 2.24) is 5.43 Å². The van der Waals surface area contributed by atoms with Gasteiger partial charge in [-0.15, -0.1) is 0 Å². The predicted octanol–water partition coefficient (Wildman–Crippen LogP) is 3.71. The van der Waals surface area contributed by atoms with Gasteiger partial charge in [-0.3, -0.25) is 11.3 Å². The van der Waals surface area contributed by atoms with Crippen molar-refractivity contribution in [2.24, 2.45) is 5.84 Å². The van der Waals surface area contributed by atoms with Gasteiger partial charge in [-0.2, -0.15) is 0 Å². The number of hydrogen-bond acceptors (Lipinski definition) is 2. The zero-order valence-corrected chi connectivity index (χ0v) is 12.5. The Morgan fingerprint density at radius 2 is 1.95 bits per heavy atom. The molecular formula is C17H18ClFN2. The molecular weight excluding hydrogens is 287 g/mol. The lowest BCUT2D eigenvalue weighted by molar-refractivity contribution is 0.529. The number of hydrazine groups is 1. The third-order valence-corrected chi connectivity index (χ3v) is 4.39. The van der Waals surface area contributed by atoms with Crippen molar-refractivity contribution in [2.45, 2.75) is 31.7 Å². The second kappa shape index (κ2) is 6.14. The number of rotatable bonds is 4. The van der Waals surface area contributed by atoms with E-state index in [-0.39, 0.29) is 11.9 Å². The molecule has 1 unspecified atom stereocenters. The van der Waals surface area contributed by atoms with Crippen molar-refractivity contribution < 1.29 is 4.39 Å². The lowest BCUT2D eigenvalue weighted by Crippen LogP contribution is -2.30. The van der Waals surface area contributed by atoms with Gasteiger partial charge in [0.15, 0.2) is 0 Å². The molecule has 21 heavy (non-hydrogen) atoms. The topological polar surface area (TPSA) is 38.0 Å². The number of benzene rings is 2. The van der Waals surface area contributed by atoms with Gasteiger partial charge in [0.1, 0.15) is 5.82 Å². The molecule has 0 aliphatic heterocycles. The van der Waals surface area contributed by atoms with Crippen LogP contribution in [0.1, 0.15) is 34.7 Å². The molecule has 0 fully saturated rings. The molecule has 3 rings (SSSR count). The molecule has 0 saturated carbocycles. The van der Waals surface area contributed by atoms with E-state index in [1.165, 1.54) is 23.6 Å². The summed E-state index contributed by atoms with van der Waals surface area (Å²) in [6, 6.07) is 10.9. The number of aryl methyl sites for hydroxylation is 2. The molecule has 0 bridgehead atoms. The van der Waals surface area contributed by atoms with E-state index in [0.29, 0.717) is 17.0 Å². The molecule has 3 N–H and O–H groups in total. The van der Waals surface area contributed by atoms with Crippen LogP contribution in [0.2, 0.25) is 5.02 Å². The van der Waals surface area contributed by atoms with Crippen LogP contribution < -0.4 is 11.3 Å². The van der Waals surface area contributed by atoms with Gasteiger partial charge in [0.05, 0.1) is 6.04 Å². The normalized spacial score (nSPS) is 15.0. The summed E-state index contributed by atoms with van der Waals surface area (Å²) in [7, 11) is 0. The van der Waals surface area contributed by atoms with Crippen LogP contribution in [-0.2, 0) is 19.3 Å². The summed E-state index contributed by atoms with van der Waals surface area (Å²) in [5, 5.41) is 0.538. The highest BCUT2D eigenvalue weighted by Gasteiger charge is 2.17. The smallest absolute Gasteiger partial charge is 0.126 e. The van der Waals surface area contributed by atoms with Crippen LogP contribution in [0.4, 0.5) is 4.39 Å². The first-order valence-corrected chi connectivity index (χ1v) is 7.57. The zero-order valence-electron chi connectivity index (χ0n) is 11.7. The largest absolute Gasteiger partial charge is 0.271 e. The van der Waals surface area contributed by atoms with E-state index >= 15 is 0 Å². The summed E-state index contributed by atoms with van der Waals surface area (Å²) in [6.07, 6.45) is 3.95. The van der Waals surface area contributed by atoms with Gasteiger partial charge in [0.2, 0.25) is 0 Å². The van der Waals surface area contributed by atoms with E-state index in [2.05, 4.69) is 23.6 Å². The predicted molar refractivity (Wildman–Crippen MR) is 83.6 cm³/mol. The van der Waals surface area contributed by atoms with Crippen molar-refractivity contribution in [2.75, 3.05) is 0 Å². The molecule has 0 aromatic heterocycles.